The van der Waals surface area contributed by atoms with E-state index in [0.717, 1.165) is 0 Å². The quantitative estimate of drug-likeness (QED) is 0.730. The number of hydrogen-bond acceptors (Lipinski definition) is 1. The van der Waals surface area contributed by atoms with E-state index in [9.17, 15) is 13.6 Å². The molecule has 0 aliphatic carbocycles. The van der Waals surface area contributed by atoms with Gasteiger partial charge in [0.1, 0.15) is 11.6 Å². The van der Waals surface area contributed by atoms with Crippen LogP contribution in [0.3, 0.4) is 0 Å². The maximum absolute atomic E-state index is 13.6. The van der Waals surface area contributed by atoms with Crippen molar-refractivity contribution in [1.29, 1.82) is 0 Å². The van der Waals surface area contributed by atoms with E-state index in [1.807, 2.05) is 0 Å². The molecule has 0 bridgehead atoms. The molecule has 0 spiro atoms. The molecule has 0 N–H and O–H groups in total. The van der Waals surface area contributed by atoms with Gasteiger partial charge in [0.25, 0.3) is 0 Å². The molecular formula is C14H8BrClF2O. The Balaban J connectivity index is 2.28. The summed E-state index contributed by atoms with van der Waals surface area (Å²) in [5.41, 5.74) is 0.446. The Labute approximate surface area is 122 Å². The summed E-state index contributed by atoms with van der Waals surface area (Å²) in [4.78, 5) is 12.0. The molecular weight excluding hydrogens is 338 g/mol. The third kappa shape index (κ3) is 3.19. The van der Waals surface area contributed by atoms with Crippen LogP contribution in [-0.4, -0.2) is 5.78 Å². The van der Waals surface area contributed by atoms with Crippen molar-refractivity contribution < 1.29 is 13.6 Å². The number of hydrogen-bond donors (Lipinski definition) is 0. The van der Waals surface area contributed by atoms with Crippen molar-refractivity contribution in [2.75, 3.05) is 0 Å². The van der Waals surface area contributed by atoms with E-state index in [2.05, 4.69) is 15.9 Å². The zero-order valence-corrected chi connectivity index (χ0v) is 11.9. The highest BCUT2D eigenvalue weighted by Gasteiger charge is 2.16. The smallest absolute Gasteiger partial charge is 0.171 e. The lowest BCUT2D eigenvalue weighted by atomic mass is 10.0. The Hall–Kier alpha value is -1.26. The minimum atomic E-state index is -0.654. The standard InChI is InChI=1S/C14H8BrClF2O/c15-9-6-8(4-5-11(9)17)7-13(19)14-10(16)2-1-3-12(14)18/h1-6H,7H2. The van der Waals surface area contributed by atoms with E-state index >= 15 is 0 Å². The number of Topliss-reactive ketones (excluding diaryl/α,β-unsaturated/α-hetero) is 1. The third-order valence-corrected chi connectivity index (χ3v) is 3.51. The van der Waals surface area contributed by atoms with Crippen molar-refractivity contribution in [1.82, 2.24) is 0 Å². The van der Waals surface area contributed by atoms with Gasteiger partial charge < -0.3 is 0 Å². The monoisotopic (exact) mass is 344 g/mol. The van der Waals surface area contributed by atoms with Crippen LogP contribution in [0.5, 0.6) is 0 Å². The van der Waals surface area contributed by atoms with Crippen molar-refractivity contribution >= 4 is 33.3 Å². The molecule has 19 heavy (non-hydrogen) atoms. The molecule has 0 aliphatic heterocycles. The van der Waals surface area contributed by atoms with E-state index in [1.165, 1.54) is 36.4 Å². The Kier molecular flexibility index (Phi) is 4.32. The molecule has 0 amide bonds. The van der Waals surface area contributed by atoms with Gasteiger partial charge in [-0.15, -0.1) is 0 Å². The number of benzene rings is 2. The number of rotatable bonds is 3. The van der Waals surface area contributed by atoms with Crippen molar-refractivity contribution in [3.05, 3.63) is 68.7 Å². The van der Waals surface area contributed by atoms with Crippen molar-refractivity contribution in [2.45, 2.75) is 6.42 Å². The van der Waals surface area contributed by atoms with Crippen molar-refractivity contribution in [2.24, 2.45) is 0 Å². The highest BCUT2D eigenvalue weighted by atomic mass is 79.9. The average Bonchev–Trinajstić information content (AvgIpc) is 2.33. The molecule has 2 aromatic rings. The van der Waals surface area contributed by atoms with Crippen LogP contribution in [0, 0.1) is 11.6 Å². The first-order valence-corrected chi connectivity index (χ1v) is 6.57. The summed E-state index contributed by atoms with van der Waals surface area (Å²) in [6.45, 7) is 0. The summed E-state index contributed by atoms with van der Waals surface area (Å²) >= 11 is 8.85. The Bertz CT molecular complexity index is 623. The topological polar surface area (TPSA) is 17.1 Å². The van der Waals surface area contributed by atoms with Gasteiger partial charge in [0.2, 0.25) is 0 Å². The lowest BCUT2D eigenvalue weighted by Gasteiger charge is -2.06. The lowest BCUT2D eigenvalue weighted by molar-refractivity contribution is 0.0989. The molecule has 0 aliphatic rings. The van der Waals surface area contributed by atoms with Gasteiger partial charge in [0.05, 0.1) is 15.1 Å². The summed E-state index contributed by atoms with van der Waals surface area (Å²) in [5, 5.41) is 0.0752. The second-order valence-corrected chi connectivity index (χ2v) is 5.21. The van der Waals surface area contributed by atoms with Gasteiger partial charge in [-0.2, -0.15) is 0 Å². The second kappa shape index (κ2) is 5.80. The number of halogens is 4. The largest absolute Gasteiger partial charge is 0.294 e. The summed E-state index contributed by atoms with van der Waals surface area (Å²) in [5.74, 6) is -1.51. The van der Waals surface area contributed by atoms with Crippen LogP contribution in [-0.2, 0) is 6.42 Å². The van der Waals surface area contributed by atoms with Crippen LogP contribution in [0.1, 0.15) is 15.9 Å². The van der Waals surface area contributed by atoms with Gasteiger partial charge in [-0.05, 0) is 45.8 Å². The summed E-state index contributed by atoms with van der Waals surface area (Å²) in [7, 11) is 0. The zero-order valence-electron chi connectivity index (χ0n) is 9.59. The molecule has 0 saturated heterocycles. The molecule has 0 fully saturated rings. The molecule has 0 unspecified atom stereocenters. The highest BCUT2D eigenvalue weighted by molar-refractivity contribution is 9.10. The van der Waals surface area contributed by atoms with Crippen LogP contribution in [0.25, 0.3) is 0 Å². The minimum Gasteiger partial charge on any atom is -0.294 e. The second-order valence-electron chi connectivity index (χ2n) is 3.95. The van der Waals surface area contributed by atoms with Crippen LogP contribution in [0.15, 0.2) is 40.9 Å². The first kappa shape index (κ1) is 14.2. The Morgan fingerprint density at radius 2 is 1.89 bits per heavy atom. The molecule has 1 nitrogen and oxygen atoms in total. The molecule has 2 rings (SSSR count). The SMILES string of the molecule is O=C(Cc1ccc(F)c(Br)c1)c1c(F)cccc1Cl. The number of ketones is 1. The minimum absolute atomic E-state index is 0.0421. The molecule has 2 aromatic carbocycles. The van der Waals surface area contributed by atoms with Gasteiger partial charge >= 0.3 is 0 Å². The van der Waals surface area contributed by atoms with Crippen molar-refractivity contribution in [3.8, 4) is 0 Å². The molecule has 0 saturated carbocycles. The van der Waals surface area contributed by atoms with E-state index < -0.39 is 17.4 Å². The van der Waals surface area contributed by atoms with Gasteiger partial charge in [-0.3, -0.25) is 4.79 Å². The van der Waals surface area contributed by atoms with E-state index in [-0.39, 0.29) is 21.5 Å². The zero-order chi connectivity index (χ0) is 14.0. The van der Waals surface area contributed by atoms with Gasteiger partial charge in [0.15, 0.2) is 5.78 Å². The van der Waals surface area contributed by atoms with E-state index in [4.69, 9.17) is 11.6 Å². The third-order valence-electron chi connectivity index (χ3n) is 2.59. The Morgan fingerprint density at radius 1 is 1.16 bits per heavy atom. The molecule has 98 valence electrons. The summed E-state index contributed by atoms with van der Waals surface area (Å²) in [6.07, 6.45) is -0.0421. The van der Waals surface area contributed by atoms with Crippen molar-refractivity contribution in [3.63, 3.8) is 0 Å². The number of carbonyl (C=O) groups excluding carboxylic acids is 1. The fraction of sp³-hybridized carbons (Fsp3) is 0.0714. The molecule has 0 aromatic heterocycles. The maximum Gasteiger partial charge on any atom is 0.171 e. The molecule has 0 atom stereocenters. The van der Waals surface area contributed by atoms with E-state index in [1.54, 1.807) is 0 Å². The van der Waals surface area contributed by atoms with Gasteiger partial charge in [-0.25, -0.2) is 8.78 Å². The average molecular weight is 346 g/mol. The number of carbonyl (C=O) groups is 1. The van der Waals surface area contributed by atoms with Crippen LogP contribution in [0.4, 0.5) is 8.78 Å². The van der Waals surface area contributed by atoms with Crippen LogP contribution in [0.2, 0.25) is 5.02 Å². The Morgan fingerprint density at radius 3 is 2.53 bits per heavy atom. The lowest BCUT2D eigenvalue weighted by Crippen LogP contribution is -2.07. The highest BCUT2D eigenvalue weighted by Crippen LogP contribution is 2.22. The van der Waals surface area contributed by atoms with Gasteiger partial charge in [0, 0.05) is 6.42 Å². The predicted molar refractivity (Wildman–Crippen MR) is 73.5 cm³/mol. The first-order chi connectivity index (χ1) is 8.99. The molecule has 0 heterocycles. The normalized spacial score (nSPS) is 10.5. The van der Waals surface area contributed by atoms with E-state index in [0.29, 0.717) is 5.56 Å². The summed E-state index contributed by atoms with van der Waals surface area (Å²) in [6, 6.07) is 8.28. The van der Waals surface area contributed by atoms with Crippen LogP contribution >= 0.6 is 27.5 Å². The van der Waals surface area contributed by atoms with Gasteiger partial charge in [-0.1, -0.05) is 23.7 Å². The predicted octanol–water partition coefficient (Wildman–Crippen LogP) is 4.81. The summed E-state index contributed by atoms with van der Waals surface area (Å²) < 4.78 is 26.9. The fourth-order valence-corrected chi connectivity index (χ4v) is 2.38. The fourth-order valence-electron chi connectivity index (χ4n) is 1.69. The molecule has 5 heteroatoms. The molecule has 0 radical (unpaired) electrons. The maximum atomic E-state index is 13.6. The first-order valence-electron chi connectivity index (χ1n) is 5.40. The van der Waals surface area contributed by atoms with Crippen LogP contribution < -0.4 is 0 Å².